The summed E-state index contributed by atoms with van der Waals surface area (Å²) in [6.45, 7) is 5.17. The molecule has 2 aromatic carbocycles. The molecule has 0 aliphatic heterocycles. The van der Waals surface area contributed by atoms with E-state index in [-0.39, 0.29) is 17.4 Å². The molecule has 0 spiro atoms. The summed E-state index contributed by atoms with van der Waals surface area (Å²) >= 11 is 0. The number of aromatic nitrogens is 2. The molecule has 3 aromatic rings. The fraction of sp³-hybridized carbons (Fsp3) is 0.375. The Morgan fingerprint density at radius 3 is 2.55 bits per heavy atom. The van der Waals surface area contributed by atoms with Gasteiger partial charge in [0.1, 0.15) is 0 Å². The van der Waals surface area contributed by atoms with E-state index in [9.17, 15) is 9.59 Å². The molecule has 5 nitrogen and oxygen atoms in total. The van der Waals surface area contributed by atoms with E-state index in [2.05, 4.69) is 34.7 Å². The molecular formula is C24H27N3O2. The van der Waals surface area contributed by atoms with Gasteiger partial charge < -0.3 is 5.32 Å². The number of hydrogen-bond donors (Lipinski definition) is 1. The highest BCUT2D eigenvalue weighted by atomic mass is 16.2. The van der Waals surface area contributed by atoms with E-state index >= 15 is 0 Å². The lowest BCUT2D eigenvalue weighted by molar-refractivity contribution is 0.0940. The van der Waals surface area contributed by atoms with Crippen LogP contribution in [0.15, 0.2) is 53.3 Å². The number of carbonyl (C=O) groups excluding carboxylic acids is 1. The maximum Gasteiger partial charge on any atom is 0.274 e. The third-order valence-corrected chi connectivity index (χ3v) is 5.62. The first kappa shape index (κ1) is 19.4. The zero-order valence-electron chi connectivity index (χ0n) is 17.0. The van der Waals surface area contributed by atoms with Gasteiger partial charge in [0.05, 0.1) is 5.39 Å². The number of rotatable bonds is 5. The molecule has 0 fully saturated rings. The molecule has 1 heterocycles. The van der Waals surface area contributed by atoms with E-state index in [4.69, 9.17) is 0 Å². The average Bonchev–Trinajstić information content (AvgIpc) is 2.73. The average molecular weight is 389 g/mol. The quantitative estimate of drug-likeness (QED) is 0.725. The molecule has 5 heteroatoms. The number of hydrogen-bond acceptors (Lipinski definition) is 3. The molecule has 0 saturated heterocycles. The molecule has 1 aliphatic rings. The molecule has 1 N–H and O–H groups in total. The van der Waals surface area contributed by atoms with Gasteiger partial charge >= 0.3 is 0 Å². The Morgan fingerprint density at radius 2 is 1.79 bits per heavy atom. The first-order valence-electron chi connectivity index (χ1n) is 10.4. The molecule has 0 saturated carbocycles. The van der Waals surface area contributed by atoms with E-state index < -0.39 is 0 Å². The van der Waals surface area contributed by atoms with E-state index in [1.165, 1.54) is 15.8 Å². The summed E-state index contributed by atoms with van der Waals surface area (Å²) in [6, 6.07) is 15.8. The van der Waals surface area contributed by atoms with Gasteiger partial charge in [-0.1, -0.05) is 56.3 Å². The predicted molar refractivity (Wildman–Crippen MR) is 115 cm³/mol. The maximum atomic E-state index is 13.0. The minimum atomic E-state index is -0.211. The number of aryl methyl sites for hydroxylation is 1. The fourth-order valence-electron chi connectivity index (χ4n) is 4.14. The molecular weight excluding hydrogens is 362 g/mol. The highest BCUT2D eigenvalue weighted by Crippen LogP contribution is 2.25. The van der Waals surface area contributed by atoms with Crippen LogP contribution < -0.4 is 10.9 Å². The van der Waals surface area contributed by atoms with Crippen LogP contribution in [0, 0.1) is 11.8 Å². The lowest BCUT2D eigenvalue weighted by atomic mass is 9.84. The molecule has 1 amide bonds. The van der Waals surface area contributed by atoms with Crippen LogP contribution in [-0.2, 0) is 19.4 Å². The third kappa shape index (κ3) is 4.09. The summed E-state index contributed by atoms with van der Waals surface area (Å²) in [5.41, 5.74) is 2.99. The second-order valence-electron chi connectivity index (χ2n) is 8.36. The summed E-state index contributed by atoms with van der Waals surface area (Å²) in [7, 11) is 0. The Hall–Kier alpha value is -2.95. The lowest BCUT2D eigenvalue weighted by Gasteiger charge is -2.24. The van der Waals surface area contributed by atoms with Crippen LogP contribution in [-0.4, -0.2) is 22.2 Å². The Labute approximate surface area is 170 Å². The normalized spacial score (nSPS) is 16.0. The van der Waals surface area contributed by atoms with Gasteiger partial charge in [-0.2, -0.15) is 5.10 Å². The molecule has 1 aromatic heterocycles. The number of fused-ring (bicyclic) bond motifs is 2. The van der Waals surface area contributed by atoms with Crippen molar-refractivity contribution in [3.05, 3.63) is 75.7 Å². The van der Waals surface area contributed by atoms with Crippen molar-refractivity contribution >= 4 is 16.7 Å². The molecule has 150 valence electrons. The van der Waals surface area contributed by atoms with Crippen LogP contribution in [0.2, 0.25) is 0 Å². The zero-order valence-corrected chi connectivity index (χ0v) is 17.0. The van der Waals surface area contributed by atoms with Crippen molar-refractivity contribution in [2.24, 2.45) is 11.8 Å². The number of nitrogens with one attached hydrogen (secondary N) is 1. The van der Waals surface area contributed by atoms with Crippen molar-refractivity contribution in [1.29, 1.82) is 0 Å². The number of amides is 1. The van der Waals surface area contributed by atoms with E-state index in [0.717, 1.165) is 19.3 Å². The fourth-order valence-corrected chi connectivity index (χ4v) is 4.14. The van der Waals surface area contributed by atoms with Crippen LogP contribution in [0.3, 0.4) is 0 Å². The van der Waals surface area contributed by atoms with E-state index in [0.29, 0.717) is 35.5 Å². The van der Waals surface area contributed by atoms with E-state index in [1.807, 2.05) is 26.0 Å². The van der Waals surface area contributed by atoms with Gasteiger partial charge in [-0.25, -0.2) is 4.68 Å². The highest BCUT2D eigenvalue weighted by Gasteiger charge is 2.21. The Balaban J connectivity index is 1.55. The van der Waals surface area contributed by atoms with Gasteiger partial charge in [-0.15, -0.1) is 0 Å². The molecule has 4 rings (SSSR count). The minimum Gasteiger partial charge on any atom is -0.350 e. The molecule has 29 heavy (non-hydrogen) atoms. The number of benzene rings is 2. The smallest absolute Gasteiger partial charge is 0.274 e. The first-order chi connectivity index (χ1) is 14.0. The number of carbonyl (C=O) groups is 1. The topological polar surface area (TPSA) is 64.0 Å². The Kier molecular flexibility index (Phi) is 5.47. The third-order valence-electron chi connectivity index (χ3n) is 5.62. The van der Waals surface area contributed by atoms with Crippen molar-refractivity contribution in [3.8, 4) is 0 Å². The second kappa shape index (κ2) is 8.19. The highest BCUT2D eigenvalue weighted by molar-refractivity contribution is 6.04. The van der Waals surface area contributed by atoms with Crippen molar-refractivity contribution in [3.63, 3.8) is 0 Å². The summed E-state index contributed by atoms with van der Waals surface area (Å²) in [4.78, 5) is 25.7. The van der Waals surface area contributed by atoms with Crippen molar-refractivity contribution in [2.45, 2.75) is 39.7 Å². The number of nitrogens with zero attached hydrogens (tertiary/aromatic N) is 2. The SMILES string of the molecule is CC(C)Cn1nc(C(=O)NCC2CCc3ccccc3C2)c2ccccc2c1=O. The summed E-state index contributed by atoms with van der Waals surface area (Å²) in [6.07, 6.45) is 3.10. The van der Waals surface area contributed by atoms with Crippen molar-refractivity contribution < 1.29 is 4.79 Å². The molecule has 1 unspecified atom stereocenters. The van der Waals surface area contributed by atoms with Crippen molar-refractivity contribution in [1.82, 2.24) is 15.1 Å². The molecule has 0 radical (unpaired) electrons. The second-order valence-corrected chi connectivity index (χ2v) is 8.36. The van der Waals surface area contributed by atoms with Gasteiger partial charge in [0.15, 0.2) is 5.69 Å². The maximum absolute atomic E-state index is 13.0. The van der Waals surface area contributed by atoms with Crippen LogP contribution in [0.1, 0.15) is 41.9 Å². The Morgan fingerprint density at radius 1 is 1.10 bits per heavy atom. The standard InChI is InChI=1S/C24H27N3O2/c1-16(2)15-27-24(29)21-10-6-5-9-20(21)22(26-27)23(28)25-14-17-11-12-18-7-3-4-8-19(18)13-17/h3-10,16-17H,11-15H2,1-2H3,(H,25,28). The lowest BCUT2D eigenvalue weighted by Crippen LogP contribution is -2.35. The summed E-state index contributed by atoms with van der Waals surface area (Å²) < 4.78 is 1.43. The van der Waals surface area contributed by atoms with Crippen LogP contribution in [0.4, 0.5) is 0 Å². The van der Waals surface area contributed by atoms with Gasteiger partial charge in [-0.05, 0) is 48.3 Å². The molecule has 1 aliphatic carbocycles. The monoisotopic (exact) mass is 389 g/mol. The Bertz CT molecular complexity index is 1100. The van der Waals surface area contributed by atoms with Gasteiger partial charge in [0.2, 0.25) is 0 Å². The van der Waals surface area contributed by atoms with Gasteiger partial charge in [0, 0.05) is 18.5 Å². The van der Waals surface area contributed by atoms with Gasteiger partial charge in [0.25, 0.3) is 11.5 Å². The summed E-state index contributed by atoms with van der Waals surface area (Å²) in [5, 5.41) is 8.66. The first-order valence-corrected chi connectivity index (χ1v) is 10.4. The van der Waals surface area contributed by atoms with Crippen LogP contribution in [0.5, 0.6) is 0 Å². The van der Waals surface area contributed by atoms with E-state index in [1.54, 1.807) is 12.1 Å². The largest absolute Gasteiger partial charge is 0.350 e. The predicted octanol–water partition coefficient (Wildman–Crippen LogP) is 3.59. The van der Waals surface area contributed by atoms with Crippen LogP contribution in [0.25, 0.3) is 10.8 Å². The zero-order chi connectivity index (χ0) is 20.4. The molecule has 0 bridgehead atoms. The van der Waals surface area contributed by atoms with Gasteiger partial charge in [-0.3, -0.25) is 9.59 Å². The van der Waals surface area contributed by atoms with Crippen LogP contribution >= 0.6 is 0 Å². The summed E-state index contributed by atoms with van der Waals surface area (Å²) in [5.74, 6) is 0.471. The van der Waals surface area contributed by atoms with Crippen molar-refractivity contribution in [2.75, 3.05) is 6.54 Å². The minimum absolute atomic E-state index is 0.144. The molecule has 1 atom stereocenters.